The number of ether oxygens (including phenoxy) is 2. The van der Waals surface area contributed by atoms with Crippen LogP contribution >= 0.6 is 7.82 Å². The normalized spacial score (nSPS) is 17.9. The smallest absolute Gasteiger partial charge is 0.352 e. The van der Waals surface area contributed by atoms with Gasteiger partial charge in [-0.2, -0.15) is 0 Å². The van der Waals surface area contributed by atoms with Crippen molar-refractivity contribution in [3.63, 3.8) is 0 Å². The maximum Gasteiger partial charge on any atom is 0.476 e. The van der Waals surface area contributed by atoms with E-state index in [4.69, 9.17) is 18.5 Å². The van der Waals surface area contributed by atoms with Gasteiger partial charge >= 0.3 is 7.82 Å². The molecule has 7 heteroatoms. The summed E-state index contributed by atoms with van der Waals surface area (Å²) in [7, 11) is -4.15. The van der Waals surface area contributed by atoms with Crippen molar-refractivity contribution in [3.8, 4) is 0 Å². The summed E-state index contributed by atoms with van der Waals surface area (Å²) in [6.07, 6.45) is 2.15. The summed E-state index contributed by atoms with van der Waals surface area (Å²) in [4.78, 5) is 9.52. The summed E-state index contributed by atoms with van der Waals surface area (Å²) in [5.41, 5.74) is 0. The van der Waals surface area contributed by atoms with Crippen molar-refractivity contribution < 1.29 is 28.0 Å². The first kappa shape index (κ1) is 19.0. The second-order valence-electron chi connectivity index (χ2n) is 4.26. The molecule has 0 amide bonds. The number of phosphoric acid groups is 1. The Hall–Kier alpha value is 0.0300. The molecule has 1 N–H and O–H groups in total. The molecule has 0 aromatic carbocycles. The van der Waals surface area contributed by atoms with E-state index in [1.54, 1.807) is 13.8 Å². The largest absolute Gasteiger partial charge is 0.476 e. The molecule has 0 spiro atoms. The highest BCUT2D eigenvalue weighted by molar-refractivity contribution is 7.47. The van der Waals surface area contributed by atoms with Crippen molar-refractivity contribution in [2.24, 2.45) is 0 Å². The summed E-state index contributed by atoms with van der Waals surface area (Å²) < 4.78 is 31.8. The molecule has 0 rings (SSSR count). The first-order valence-corrected chi connectivity index (χ1v) is 8.33. The second-order valence-corrected chi connectivity index (χ2v) is 5.62. The minimum atomic E-state index is -4.15. The molecule has 0 bridgehead atoms. The Morgan fingerprint density at radius 1 is 0.947 bits per heavy atom. The van der Waals surface area contributed by atoms with Crippen LogP contribution in [0.5, 0.6) is 0 Å². The Balaban J connectivity index is 3.91. The van der Waals surface area contributed by atoms with Crippen LogP contribution in [-0.4, -0.2) is 30.7 Å². The SMILES string of the molecule is CCCCOC(C)OP(=O)(O)OC(C)OCCCC. The van der Waals surface area contributed by atoms with Crippen LogP contribution in [0.25, 0.3) is 0 Å². The minimum absolute atomic E-state index is 0.486. The zero-order valence-corrected chi connectivity index (χ0v) is 13.2. The van der Waals surface area contributed by atoms with Gasteiger partial charge in [0.1, 0.15) is 0 Å². The van der Waals surface area contributed by atoms with Crippen molar-refractivity contribution in [1.29, 1.82) is 0 Å². The van der Waals surface area contributed by atoms with Gasteiger partial charge < -0.3 is 14.4 Å². The highest BCUT2D eigenvalue weighted by Gasteiger charge is 2.27. The summed E-state index contributed by atoms with van der Waals surface area (Å²) in [5.74, 6) is 0. The molecule has 2 unspecified atom stereocenters. The van der Waals surface area contributed by atoms with Crippen LogP contribution < -0.4 is 0 Å². The van der Waals surface area contributed by atoms with Crippen molar-refractivity contribution in [3.05, 3.63) is 0 Å². The number of phosphoric ester groups is 1. The van der Waals surface area contributed by atoms with Crippen LogP contribution in [0.15, 0.2) is 0 Å². The molecule has 0 aromatic rings. The van der Waals surface area contributed by atoms with Gasteiger partial charge in [-0.15, -0.1) is 0 Å². The highest BCUT2D eigenvalue weighted by atomic mass is 31.2. The Morgan fingerprint density at radius 3 is 1.63 bits per heavy atom. The van der Waals surface area contributed by atoms with Gasteiger partial charge in [0.2, 0.25) is 0 Å². The fourth-order valence-corrected chi connectivity index (χ4v) is 2.17. The molecular weight excluding hydrogens is 271 g/mol. The Bertz CT molecular complexity index is 239. The van der Waals surface area contributed by atoms with Crippen molar-refractivity contribution in [1.82, 2.24) is 0 Å². The molecule has 19 heavy (non-hydrogen) atoms. The second kappa shape index (κ2) is 10.8. The summed E-state index contributed by atoms with van der Waals surface area (Å²) in [5, 5.41) is 0. The molecule has 2 atom stereocenters. The molecule has 0 radical (unpaired) electrons. The summed E-state index contributed by atoms with van der Waals surface area (Å²) in [6.45, 7) is 8.16. The summed E-state index contributed by atoms with van der Waals surface area (Å²) >= 11 is 0. The standard InChI is InChI=1S/C12H27O6P/c1-5-7-9-15-11(3)17-19(13,14)18-12(4)16-10-8-6-2/h11-12H,5-10H2,1-4H3,(H,13,14). The van der Waals surface area contributed by atoms with E-state index in [2.05, 4.69) is 0 Å². The van der Waals surface area contributed by atoms with Crippen molar-refractivity contribution in [2.45, 2.75) is 66.0 Å². The Morgan fingerprint density at radius 2 is 1.32 bits per heavy atom. The third-order valence-electron chi connectivity index (χ3n) is 2.26. The lowest BCUT2D eigenvalue weighted by molar-refractivity contribution is -0.117. The number of unbranched alkanes of at least 4 members (excludes halogenated alkanes) is 2. The fourth-order valence-electron chi connectivity index (χ4n) is 1.25. The maximum absolute atomic E-state index is 11.7. The topological polar surface area (TPSA) is 74.2 Å². The molecule has 6 nitrogen and oxygen atoms in total. The van der Waals surface area contributed by atoms with E-state index in [1.807, 2.05) is 13.8 Å². The van der Waals surface area contributed by atoms with E-state index in [9.17, 15) is 9.46 Å². The van der Waals surface area contributed by atoms with E-state index in [0.717, 1.165) is 25.7 Å². The third kappa shape index (κ3) is 11.5. The van der Waals surface area contributed by atoms with E-state index in [-0.39, 0.29) is 0 Å². The van der Waals surface area contributed by atoms with E-state index in [1.165, 1.54) is 0 Å². The molecule has 116 valence electrons. The molecule has 0 saturated carbocycles. The lowest BCUT2D eigenvalue weighted by Gasteiger charge is -2.21. The summed E-state index contributed by atoms with van der Waals surface area (Å²) in [6, 6.07) is 0. The van der Waals surface area contributed by atoms with Gasteiger partial charge in [0.05, 0.1) is 0 Å². The Labute approximate surface area is 116 Å². The molecule has 0 aliphatic carbocycles. The molecular formula is C12H27O6P. The number of hydrogen-bond acceptors (Lipinski definition) is 5. The van der Waals surface area contributed by atoms with Crippen LogP contribution in [0.3, 0.4) is 0 Å². The quantitative estimate of drug-likeness (QED) is 0.338. The van der Waals surface area contributed by atoms with Gasteiger partial charge in [0.15, 0.2) is 12.6 Å². The van der Waals surface area contributed by atoms with Crippen LogP contribution in [0.4, 0.5) is 0 Å². The molecule has 0 heterocycles. The number of hydrogen-bond donors (Lipinski definition) is 1. The van der Waals surface area contributed by atoms with Gasteiger partial charge in [-0.3, -0.25) is 9.05 Å². The van der Waals surface area contributed by atoms with Crippen LogP contribution in [0.1, 0.15) is 53.4 Å². The molecule has 0 fully saturated rings. The molecule has 0 aliphatic rings. The van der Waals surface area contributed by atoms with Crippen LogP contribution in [0, 0.1) is 0 Å². The third-order valence-corrected chi connectivity index (χ3v) is 3.39. The van der Waals surface area contributed by atoms with Gasteiger partial charge in [0.25, 0.3) is 0 Å². The van der Waals surface area contributed by atoms with E-state index < -0.39 is 20.4 Å². The lowest BCUT2D eigenvalue weighted by atomic mass is 10.4. The van der Waals surface area contributed by atoms with E-state index in [0.29, 0.717) is 13.2 Å². The average molecular weight is 298 g/mol. The first-order chi connectivity index (χ1) is 8.91. The Kier molecular flexibility index (Phi) is 10.8. The van der Waals surface area contributed by atoms with E-state index >= 15 is 0 Å². The zero-order valence-electron chi connectivity index (χ0n) is 12.3. The van der Waals surface area contributed by atoms with Crippen LogP contribution in [0.2, 0.25) is 0 Å². The fraction of sp³-hybridized carbons (Fsp3) is 1.00. The minimum Gasteiger partial charge on any atom is -0.352 e. The first-order valence-electron chi connectivity index (χ1n) is 6.84. The van der Waals surface area contributed by atoms with Crippen molar-refractivity contribution >= 4 is 7.82 Å². The van der Waals surface area contributed by atoms with Gasteiger partial charge in [-0.25, -0.2) is 4.57 Å². The molecule has 0 aliphatic heterocycles. The van der Waals surface area contributed by atoms with Gasteiger partial charge in [0, 0.05) is 13.2 Å². The monoisotopic (exact) mass is 298 g/mol. The molecule has 0 saturated heterocycles. The predicted octanol–water partition coefficient (Wildman–Crippen LogP) is 3.45. The predicted molar refractivity (Wildman–Crippen MR) is 72.6 cm³/mol. The highest BCUT2D eigenvalue weighted by Crippen LogP contribution is 2.46. The van der Waals surface area contributed by atoms with Crippen molar-refractivity contribution in [2.75, 3.05) is 13.2 Å². The van der Waals surface area contributed by atoms with Gasteiger partial charge in [-0.05, 0) is 26.7 Å². The number of rotatable bonds is 12. The van der Waals surface area contributed by atoms with Gasteiger partial charge in [-0.1, -0.05) is 26.7 Å². The molecule has 0 aromatic heterocycles. The maximum atomic E-state index is 11.7. The average Bonchev–Trinajstić information content (AvgIpc) is 2.28. The zero-order chi connectivity index (χ0) is 14.7. The lowest BCUT2D eigenvalue weighted by Crippen LogP contribution is -2.17. The van der Waals surface area contributed by atoms with Crippen LogP contribution in [-0.2, 0) is 23.1 Å².